The number of para-hydroxylation sites is 2. The number of rotatable bonds is 12. The molecule has 5 rings (SSSR count). The van der Waals surface area contributed by atoms with E-state index in [0.717, 1.165) is 52.2 Å². The normalized spacial score (nSPS) is 14.6. The van der Waals surface area contributed by atoms with Gasteiger partial charge in [-0.1, -0.05) is 95.6 Å². The van der Waals surface area contributed by atoms with Gasteiger partial charge in [-0.05, 0) is 65.3 Å². The Bertz CT molecular complexity index is 1590. The second-order valence-electron chi connectivity index (χ2n) is 12.2. The SMILES string of the molecule is CCCCN1C(=O)N(CC(=O)Nc2c(C(C)C)cccc2C(C)C)C(c2cccc(OCc3ccccn3)c2)c2ccccc21. The number of pyridine rings is 1. The molecule has 1 aromatic heterocycles. The standard InChI is InChI=1S/C38H44N4O3/c1-6-7-22-41-34-20-9-8-17-33(34)37(28-14-12-16-30(23-28)45-25-29-15-10-11-21-39-29)42(38(41)44)24-35(43)40-36-31(26(2)3)18-13-19-32(36)27(4)5/h8-21,23,26-27,37H,6-7,22,24-25H2,1-5H3,(H,40,43). The van der Waals surface area contributed by atoms with Crippen LogP contribution in [0.1, 0.15) is 93.3 Å². The van der Waals surface area contributed by atoms with Crippen LogP contribution >= 0.6 is 0 Å². The van der Waals surface area contributed by atoms with Gasteiger partial charge >= 0.3 is 6.03 Å². The zero-order chi connectivity index (χ0) is 31.9. The Balaban J connectivity index is 1.51. The molecular formula is C38H44N4O3. The number of ether oxygens (including phenoxy) is 1. The number of hydrogen-bond donors (Lipinski definition) is 1. The second-order valence-corrected chi connectivity index (χ2v) is 12.2. The lowest BCUT2D eigenvalue weighted by atomic mass is 9.92. The Hall–Kier alpha value is -4.65. The molecule has 3 aromatic carbocycles. The number of benzene rings is 3. The van der Waals surface area contributed by atoms with Crippen LogP contribution in [0.5, 0.6) is 5.75 Å². The molecule has 1 atom stereocenters. The highest BCUT2D eigenvalue weighted by atomic mass is 16.5. The van der Waals surface area contributed by atoms with Crippen molar-refractivity contribution in [2.45, 2.75) is 71.9 Å². The van der Waals surface area contributed by atoms with Gasteiger partial charge in [0.2, 0.25) is 5.91 Å². The maximum Gasteiger partial charge on any atom is 0.325 e. The fraction of sp³-hybridized carbons (Fsp3) is 0.342. The fourth-order valence-corrected chi connectivity index (χ4v) is 6.00. The van der Waals surface area contributed by atoms with Crippen LogP contribution < -0.4 is 15.0 Å². The molecule has 4 aromatic rings. The Morgan fingerprint density at radius 1 is 0.911 bits per heavy atom. The summed E-state index contributed by atoms with van der Waals surface area (Å²) < 4.78 is 6.12. The van der Waals surface area contributed by atoms with Crippen molar-refractivity contribution in [3.8, 4) is 5.75 Å². The second kappa shape index (κ2) is 14.4. The summed E-state index contributed by atoms with van der Waals surface area (Å²) >= 11 is 0. The van der Waals surface area contributed by atoms with Gasteiger partial charge in [-0.3, -0.25) is 14.7 Å². The molecule has 0 saturated carbocycles. The number of nitrogens with zero attached hydrogens (tertiary/aromatic N) is 3. The molecule has 0 radical (unpaired) electrons. The highest BCUT2D eigenvalue weighted by molar-refractivity contribution is 6.01. The van der Waals surface area contributed by atoms with Gasteiger partial charge in [-0.2, -0.15) is 0 Å². The third-order valence-electron chi connectivity index (χ3n) is 8.28. The summed E-state index contributed by atoms with van der Waals surface area (Å²) in [7, 11) is 0. The first kappa shape index (κ1) is 31.8. The Labute approximate surface area is 267 Å². The number of unbranched alkanes of at least 4 members (excludes halogenated alkanes) is 1. The number of urea groups is 1. The van der Waals surface area contributed by atoms with E-state index in [1.54, 1.807) is 11.1 Å². The van der Waals surface area contributed by atoms with E-state index in [4.69, 9.17) is 4.74 Å². The van der Waals surface area contributed by atoms with E-state index >= 15 is 0 Å². The number of carbonyl (C=O) groups is 2. The first-order valence-corrected chi connectivity index (χ1v) is 16.0. The average Bonchev–Trinajstić information content (AvgIpc) is 3.04. The summed E-state index contributed by atoms with van der Waals surface area (Å²) in [6.45, 7) is 11.4. The summed E-state index contributed by atoms with van der Waals surface area (Å²) in [4.78, 5) is 36.2. The molecule has 3 amide bonds. The molecule has 1 aliphatic rings. The highest BCUT2D eigenvalue weighted by Crippen LogP contribution is 2.41. The molecule has 234 valence electrons. The largest absolute Gasteiger partial charge is 0.487 e. The van der Waals surface area contributed by atoms with Gasteiger partial charge in [0.05, 0.1) is 17.4 Å². The Kier molecular flexibility index (Phi) is 10.2. The average molecular weight is 605 g/mol. The van der Waals surface area contributed by atoms with Gasteiger partial charge in [0.15, 0.2) is 0 Å². The minimum Gasteiger partial charge on any atom is -0.487 e. The van der Waals surface area contributed by atoms with Crippen molar-refractivity contribution in [1.29, 1.82) is 0 Å². The van der Waals surface area contributed by atoms with Crippen LogP contribution in [0.3, 0.4) is 0 Å². The number of aromatic nitrogens is 1. The molecule has 1 aliphatic heterocycles. The number of fused-ring (bicyclic) bond motifs is 1. The smallest absolute Gasteiger partial charge is 0.325 e. The molecule has 0 aliphatic carbocycles. The summed E-state index contributed by atoms with van der Waals surface area (Å²) in [5, 5.41) is 3.23. The van der Waals surface area contributed by atoms with Crippen LogP contribution in [0.2, 0.25) is 0 Å². The van der Waals surface area contributed by atoms with Gasteiger partial charge in [-0.25, -0.2) is 4.79 Å². The molecule has 7 heteroatoms. The predicted octanol–water partition coefficient (Wildman–Crippen LogP) is 8.68. The minimum absolute atomic E-state index is 0.0938. The van der Waals surface area contributed by atoms with Crippen LogP contribution in [-0.4, -0.2) is 34.9 Å². The van der Waals surface area contributed by atoms with Crippen LogP contribution in [0.25, 0.3) is 0 Å². The van der Waals surface area contributed by atoms with Crippen molar-refractivity contribution < 1.29 is 14.3 Å². The van der Waals surface area contributed by atoms with Crippen LogP contribution in [0.4, 0.5) is 16.2 Å². The van der Waals surface area contributed by atoms with Gasteiger partial charge < -0.3 is 15.0 Å². The van der Waals surface area contributed by atoms with Crippen LogP contribution in [0, 0.1) is 0 Å². The summed E-state index contributed by atoms with van der Waals surface area (Å²) in [5.74, 6) is 0.913. The van der Waals surface area contributed by atoms with E-state index in [0.29, 0.717) is 18.9 Å². The molecule has 0 fully saturated rings. The van der Waals surface area contributed by atoms with Gasteiger partial charge in [0, 0.05) is 24.0 Å². The van der Waals surface area contributed by atoms with Crippen molar-refractivity contribution >= 4 is 23.3 Å². The molecule has 0 saturated heterocycles. The van der Waals surface area contributed by atoms with Crippen molar-refractivity contribution in [2.24, 2.45) is 0 Å². The lowest BCUT2D eigenvalue weighted by Gasteiger charge is -2.42. The van der Waals surface area contributed by atoms with Crippen molar-refractivity contribution in [2.75, 3.05) is 23.3 Å². The molecule has 1 N–H and O–H groups in total. The maximum absolute atomic E-state index is 14.3. The lowest BCUT2D eigenvalue weighted by molar-refractivity contribution is -0.117. The van der Waals surface area contributed by atoms with E-state index in [9.17, 15) is 9.59 Å². The number of amides is 3. The van der Waals surface area contributed by atoms with Crippen molar-refractivity contribution in [3.05, 3.63) is 119 Å². The fourth-order valence-electron chi connectivity index (χ4n) is 6.00. The lowest BCUT2D eigenvalue weighted by Crippen LogP contribution is -2.52. The third kappa shape index (κ3) is 7.19. The zero-order valence-electron chi connectivity index (χ0n) is 27.0. The third-order valence-corrected chi connectivity index (χ3v) is 8.28. The van der Waals surface area contributed by atoms with Gasteiger partial charge in [-0.15, -0.1) is 0 Å². The minimum atomic E-state index is -0.472. The first-order valence-electron chi connectivity index (χ1n) is 16.0. The number of anilines is 2. The van der Waals surface area contributed by atoms with Crippen molar-refractivity contribution in [3.63, 3.8) is 0 Å². The molecule has 7 nitrogen and oxygen atoms in total. The maximum atomic E-state index is 14.3. The van der Waals surface area contributed by atoms with E-state index in [1.807, 2.05) is 65.6 Å². The van der Waals surface area contributed by atoms with Gasteiger partial charge in [0.1, 0.15) is 18.9 Å². The summed E-state index contributed by atoms with van der Waals surface area (Å²) in [6.07, 6.45) is 3.56. The molecule has 0 bridgehead atoms. The summed E-state index contributed by atoms with van der Waals surface area (Å²) in [5.41, 5.74) is 6.59. The Morgan fingerprint density at radius 3 is 2.31 bits per heavy atom. The molecular weight excluding hydrogens is 560 g/mol. The predicted molar refractivity (Wildman–Crippen MR) is 181 cm³/mol. The van der Waals surface area contributed by atoms with Gasteiger partial charge in [0.25, 0.3) is 0 Å². The zero-order valence-corrected chi connectivity index (χ0v) is 27.0. The van der Waals surface area contributed by atoms with Crippen molar-refractivity contribution in [1.82, 2.24) is 9.88 Å². The quantitative estimate of drug-likeness (QED) is 0.176. The number of hydrogen-bond acceptors (Lipinski definition) is 4. The van der Waals surface area contributed by atoms with E-state index in [-0.39, 0.29) is 30.3 Å². The molecule has 45 heavy (non-hydrogen) atoms. The molecule has 2 heterocycles. The number of carbonyl (C=O) groups excluding carboxylic acids is 2. The molecule has 0 spiro atoms. The van der Waals surface area contributed by atoms with E-state index in [1.165, 1.54) is 0 Å². The first-order chi connectivity index (χ1) is 21.8. The Morgan fingerprint density at radius 2 is 1.62 bits per heavy atom. The van der Waals surface area contributed by atoms with E-state index in [2.05, 4.69) is 69.2 Å². The summed E-state index contributed by atoms with van der Waals surface area (Å²) in [6, 6.07) is 27.1. The highest BCUT2D eigenvalue weighted by Gasteiger charge is 2.39. The monoisotopic (exact) mass is 604 g/mol. The molecule has 1 unspecified atom stereocenters. The number of nitrogens with one attached hydrogen (secondary N) is 1. The van der Waals surface area contributed by atoms with Crippen LogP contribution in [-0.2, 0) is 11.4 Å². The van der Waals surface area contributed by atoms with Crippen LogP contribution in [0.15, 0.2) is 91.1 Å². The van der Waals surface area contributed by atoms with E-state index < -0.39 is 6.04 Å². The topological polar surface area (TPSA) is 74.8 Å².